The highest BCUT2D eigenvalue weighted by Gasteiger charge is 2.11. The summed E-state index contributed by atoms with van der Waals surface area (Å²) in [5.41, 5.74) is 2.90. The van der Waals surface area contributed by atoms with E-state index in [0.29, 0.717) is 5.76 Å². The van der Waals surface area contributed by atoms with Crippen LogP contribution in [0.25, 0.3) is 0 Å². The first-order valence-corrected chi connectivity index (χ1v) is 5.65. The molecule has 0 unspecified atom stereocenters. The van der Waals surface area contributed by atoms with E-state index in [0.717, 1.165) is 23.2 Å². The maximum absolute atomic E-state index is 11.9. The van der Waals surface area contributed by atoms with E-state index in [4.69, 9.17) is 4.42 Å². The number of hydrogen-bond donors (Lipinski definition) is 1. The van der Waals surface area contributed by atoms with Crippen LogP contribution in [0.5, 0.6) is 0 Å². The third-order valence-corrected chi connectivity index (χ3v) is 2.60. The lowest BCUT2D eigenvalue weighted by molar-refractivity contribution is 0.0996. The summed E-state index contributed by atoms with van der Waals surface area (Å²) < 4.78 is 5.16. The fourth-order valence-corrected chi connectivity index (χ4v) is 1.68. The van der Waals surface area contributed by atoms with Gasteiger partial charge in [0, 0.05) is 5.69 Å². The highest BCUT2D eigenvalue weighted by Crippen LogP contribution is 2.17. The molecule has 0 aliphatic heterocycles. The Morgan fingerprint density at radius 3 is 2.76 bits per heavy atom. The summed E-state index contributed by atoms with van der Waals surface area (Å²) >= 11 is 0. The minimum Gasteiger partial charge on any atom is -0.459 e. The fraction of sp³-hybridized carbons (Fsp3) is 0.214. The molecule has 0 fully saturated rings. The zero-order valence-corrected chi connectivity index (χ0v) is 9.99. The van der Waals surface area contributed by atoms with Gasteiger partial charge < -0.3 is 9.73 Å². The third-order valence-electron chi connectivity index (χ3n) is 2.60. The molecule has 0 spiro atoms. The van der Waals surface area contributed by atoms with Crippen LogP contribution < -0.4 is 5.32 Å². The molecule has 0 aliphatic rings. The lowest BCUT2D eigenvalue weighted by Gasteiger charge is -2.07. The van der Waals surface area contributed by atoms with E-state index in [1.807, 2.05) is 31.2 Å². The number of amides is 1. The molecular weight excluding hydrogens is 214 g/mol. The number of carbonyl (C=O) groups excluding carboxylic acids is 1. The average molecular weight is 229 g/mol. The van der Waals surface area contributed by atoms with E-state index in [2.05, 4.69) is 12.2 Å². The van der Waals surface area contributed by atoms with Crippen LogP contribution in [-0.2, 0) is 6.42 Å². The predicted molar refractivity (Wildman–Crippen MR) is 67.2 cm³/mol. The van der Waals surface area contributed by atoms with Gasteiger partial charge in [-0.15, -0.1) is 0 Å². The minimum absolute atomic E-state index is 0.209. The third kappa shape index (κ3) is 2.56. The average Bonchev–Trinajstić information content (AvgIpc) is 2.77. The van der Waals surface area contributed by atoms with E-state index < -0.39 is 0 Å². The molecule has 0 atom stereocenters. The molecule has 3 nitrogen and oxygen atoms in total. The lowest BCUT2D eigenvalue weighted by atomic mass is 10.1. The van der Waals surface area contributed by atoms with Gasteiger partial charge >= 0.3 is 0 Å². The topological polar surface area (TPSA) is 42.2 Å². The van der Waals surface area contributed by atoms with Crippen molar-refractivity contribution in [2.75, 3.05) is 5.32 Å². The maximum Gasteiger partial charge on any atom is 0.291 e. The molecule has 1 amide bonds. The molecule has 0 saturated carbocycles. The van der Waals surface area contributed by atoms with Gasteiger partial charge in [-0.25, -0.2) is 0 Å². The van der Waals surface area contributed by atoms with Gasteiger partial charge in [-0.1, -0.05) is 25.1 Å². The largest absolute Gasteiger partial charge is 0.459 e. The molecule has 1 aromatic heterocycles. The van der Waals surface area contributed by atoms with E-state index in [-0.39, 0.29) is 5.91 Å². The molecule has 2 aromatic rings. The van der Waals surface area contributed by atoms with Gasteiger partial charge in [0.1, 0.15) is 0 Å². The summed E-state index contributed by atoms with van der Waals surface area (Å²) in [6, 6.07) is 9.49. The molecule has 3 heteroatoms. The zero-order valence-electron chi connectivity index (χ0n) is 9.99. The second kappa shape index (κ2) is 4.87. The van der Waals surface area contributed by atoms with E-state index in [9.17, 15) is 4.79 Å². The van der Waals surface area contributed by atoms with Crippen LogP contribution in [0.4, 0.5) is 5.69 Å². The summed E-state index contributed by atoms with van der Waals surface area (Å²) in [6.45, 7) is 3.95. The van der Waals surface area contributed by atoms with Gasteiger partial charge in [0.25, 0.3) is 5.91 Å². The minimum atomic E-state index is -0.209. The second-order valence-electron chi connectivity index (χ2n) is 3.95. The number of furan rings is 1. The molecule has 0 aliphatic carbocycles. The van der Waals surface area contributed by atoms with Crippen molar-refractivity contribution in [2.45, 2.75) is 20.3 Å². The number of hydrogen-bond acceptors (Lipinski definition) is 2. The van der Waals surface area contributed by atoms with Gasteiger partial charge in [0.15, 0.2) is 5.76 Å². The zero-order chi connectivity index (χ0) is 12.3. The molecule has 0 bridgehead atoms. The van der Waals surface area contributed by atoms with Crippen LogP contribution in [0.3, 0.4) is 0 Å². The molecule has 88 valence electrons. The SMILES string of the molecule is CCc1ccccc1NC(=O)c1cc(C)co1. The van der Waals surface area contributed by atoms with Crippen molar-refractivity contribution in [3.05, 3.63) is 53.5 Å². The highest BCUT2D eigenvalue weighted by molar-refractivity contribution is 6.02. The lowest BCUT2D eigenvalue weighted by Crippen LogP contribution is -2.12. The molecule has 2 rings (SSSR count). The molecule has 1 heterocycles. The summed E-state index contributed by atoms with van der Waals surface area (Å²) in [6.07, 6.45) is 2.45. The standard InChI is InChI=1S/C14H15NO2/c1-3-11-6-4-5-7-12(11)15-14(16)13-8-10(2)9-17-13/h4-9H,3H2,1-2H3,(H,15,16). The number of para-hydroxylation sites is 1. The maximum atomic E-state index is 11.9. The molecule has 1 aromatic carbocycles. The van der Waals surface area contributed by atoms with Crippen LogP contribution >= 0.6 is 0 Å². The Morgan fingerprint density at radius 1 is 1.35 bits per heavy atom. The Balaban J connectivity index is 2.18. The molecular formula is C14H15NO2. The normalized spacial score (nSPS) is 10.2. The smallest absolute Gasteiger partial charge is 0.291 e. The van der Waals surface area contributed by atoms with Crippen LogP contribution in [0.1, 0.15) is 28.6 Å². The van der Waals surface area contributed by atoms with E-state index in [1.54, 1.807) is 12.3 Å². The molecule has 0 saturated heterocycles. The van der Waals surface area contributed by atoms with Crippen molar-refractivity contribution < 1.29 is 9.21 Å². The summed E-state index contributed by atoms with van der Waals surface area (Å²) in [5, 5.41) is 2.86. The van der Waals surface area contributed by atoms with Gasteiger partial charge in [-0.05, 0) is 36.6 Å². The van der Waals surface area contributed by atoms with Crippen LogP contribution in [0.15, 0.2) is 41.0 Å². The summed E-state index contributed by atoms with van der Waals surface area (Å²) in [4.78, 5) is 11.9. The Labute approximate surface area is 100 Å². The van der Waals surface area contributed by atoms with Crippen LogP contribution in [-0.4, -0.2) is 5.91 Å². The first kappa shape index (κ1) is 11.5. The predicted octanol–water partition coefficient (Wildman–Crippen LogP) is 3.40. The quantitative estimate of drug-likeness (QED) is 0.876. The number of benzene rings is 1. The summed E-state index contributed by atoms with van der Waals surface area (Å²) in [7, 11) is 0. The van der Waals surface area contributed by atoms with Crippen molar-refractivity contribution in [1.29, 1.82) is 0 Å². The second-order valence-corrected chi connectivity index (χ2v) is 3.95. The molecule has 0 radical (unpaired) electrons. The Bertz CT molecular complexity index is 529. The van der Waals surface area contributed by atoms with Gasteiger partial charge in [0.2, 0.25) is 0 Å². The molecule has 1 N–H and O–H groups in total. The van der Waals surface area contributed by atoms with E-state index >= 15 is 0 Å². The van der Waals surface area contributed by atoms with Gasteiger partial charge in [-0.2, -0.15) is 0 Å². The number of carbonyl (C=O) groups is 1. The van der Waals surface area contributed by atoms with Gasteiger partial charge in [0.05, 0.1) is 6.26 Å². The number of rotatable bonds is 3. The Kier molecular flexibility index (Phi) is 3.28. The summed E-state index contributed by atoms with van der Waals surface area (Å²) in [5.74, 6) is 0.132. The van der Waals surface area contributed by atoms with Crippen LogP contribution in [0, 0.1) is 6.92 Å². The van der Waals surface area contributed by atoms with Crippen molar-refractivity contribution in [3.8, 4) is 0 Å². The van der Waals surface area contributed by atoms with Crippen LogP contribution in [0.2, 0.25) is 0 Å². The fourth-order valence-electron chi connectivity index (χ4n) is 1.68. The number of aryl methyl sites for hydroxylation is 2. The first-order valence-electron chi connectivity index (χ1n) is 5.65. The molecule has 17 heavy (non-hydrogen) atoms. The highest BCUT2D eigenvalue weighted by atomic mass is 16.3. The first-order chi connectivity index (χ1) is 8.20. The van der Waals surface area contributed by atoms with Crippen molar-refractivity contribution >= 4 is 11.6 Å². The van der Waals surface area contributed by atoms with Crippen molar-refractivity contribution in [2.24, 2.45) is 0 Å². The van der Waals surface area contributed by atoms with Crippen molar-refractivity contribution in [1.82, 2.24) is 0 Å². The number of anilines is 1. The van der Waals surface area contributed by atoms with Crippen molar-refractivity contribution in [3.63, 3.8) is 0 Å². The Morgan fingerprint density at radius 2 is 2.12 bits per heavy atom. The Hall–Kier alpha value is -2.03. The van der Waals surface area contributed by atoms with Gasteiger partial charge in [-0.3, -0.25) is 4.79 Å². The monoisotopic (exact) mass is 229 g/mol. The number of nitrogens with one attached hydrogen (secondary N) is 1. The van der Waals surface area contributed by atoms with E-state index in [1.165, 1.54) is 0 Å².